The molecule has 0 aliphatic carbocycles. The maximum atomic E-state index is 8.53. The minimum Gasteiger partial charge on any atom is -0.361 e. The lowest BCUT2D eigenvalue weighted by Gasteiger charge is -2.21. The van der Waals surface area contributed by atoms with E-state index in [1.807, 2.05) is 17.8 Å². The van der Waals surface area contributed by atoms with Crippen LogP contribution in [-0.4, -0.2) is 29.1 Å². The molecule has 0 fully saturated rings. The molecule has 0 bridgehead atoms. The highest BCUT2D eigenvalue weighted by Crippen LogP contribution is 2.30. The molecule has 0 aromatic heterocycles. The third-order valence-corrected chi connectivity index (χ3v) is 3.40. The smallest absolute Gasteiger partial charge is 0.0680 e. The normalized spacial score (nSPS) is 15.3. The van der Waals surface area contributed by atoms with Gasteiger partial charge in [-0.3, -0.25) is 0 Å². The lowest BCUT2D eigenvalue weighted by Crippen LogP contribution is -2.22. The zero-order chi connectivity index (χ0) is 11.2. The van der Waals surface area contributed by atoms with Gasteiger partial charge in [-0.1, -0.05) is 30.3 Å². The fourth-order valence-corrected chi connectivity index (χ4v) is 2.71. The van der Waals surface area contributed by atoms with Crippen molar-refractivity contribution in [3.8, 4) is 0 Å². The molecule has 0 unspecified atom stereocenters. The first-order chi connectivity index (χ1) is 7.92. The fourth-order valence-electron chi connectivity index (χ4n) is 1.74. The number of hydrogen-bond donors (Lipinski definition) is 2. The monoisotopic (exact) mass is 236 g/mol. The highest BCUT2D eigenvalue weighted by Gasteiger charge is 2.16. The van der Waals surface area contributed by atoms with Gasteiger partial charge in [0.1, 0.15) is 0 Å². The Labute approximate surface area is 100 Å². The molecule has 1 heterocycles. The summed E-state index contributed by atoms with van der Waals surface area (Å²) in [5, 5.41) is 10.7. The van der Waals surface area contributed by atoms with E-state index in [9.17, 15) is 0 Å². The van der Waals surface area contributed by atoms with E-state index in [2.05, 4.69) is 40.1 Å². The molecule has 86 valence electrons. The van der Waals surface area contributed by atoms with Crippen molar-refractivity contribution in [3.63, 3.8) is 0 Å². The third-order valence-electron chi connectivity index (χ3n) is 2.55. The molecule has 0 atom stereocenters. The summed E-state index contributed by atoms with van der Waals surface area (Å²) in [6.45, 7) is 1.62. The van der Waals surface area contributed by atoms with Crippen LogP contribution in [0.4, 0.5) is 0 Å². The molecule has 0 amide bonds. The SMILES string of the molecule is ONCCCN1CSC=C1c1ccccc1. The molecule has 1 aromatic carbocycles. The van der Waals surface area contributed by atoms with Crippen LogP contribution in [0.1, 0.15) is 12.0 Å². The van der Waals surface area contributed by atoms with E-state index in [1.165, 1.54) is 11.3 Å². The van der Waals surface area contributed by atoms with Crippen molar-refractivity contribution < 1.29 is 5.21 Å². The summed E-state index contributed by atoms with van der Waals surface area (Å²) in [5.74, 6) is 1.01. The van der Waals surface area contributed by atoms with Gasteiger partial charge < -0.3 is 10.1 Å². The number of hydrogen-bond acceptors (Lipinski definition) is 4. The molecule has 1 aliphatic rings. The molecule has 3 nitrogen and oxygen atoms in total. The maximum Gasteiger partial charge on any atom is 0.0680 e. The summed E-state index contributed by atoms with van der Waals surface area (Å²) in [7, 11) is 0. The molecule has 0 radical (unpaired) electrons. The molecule has 1 aliphatic heterocycles. The van der Waals surface area contributed by atoms with Crippen molar-refractivity contribution in [2.45, 2.75) is 6.42 Å². The van der Waals surface area contributed by atoms with E-state index in [4.69, 9.17) is 5.21 Å². The fraction of sp³-hybridized carbons (Fsp3) is 0.333. The van der Waals surface area contributed by atoms with Crippen molar-refractivity contribution in [1.29, 1.82) is 0 Å². The summed E-state index contributed by atoms with van der Waals surface area (Å²) < 4.78 is 0. The van der Waals surface area contributed by atoms with Gasteiger partial charge in [0.2, 0.25) is 0 Å². The van der Waals surface area contributed by atoms with E-state index in [-0.39, 0.29) is 0 Å². The summed E-state index contributed by atoms with van der Waals surface area (Å²) in [6.07, 6.45) is 0.946. The second kappa shape index (κ2) is 5.94. The average Bonchev–Trinajstić information content (AvgIpc) is 2.79. The standard InChI is InChI=1S/C12H16N2OS/c15-13-7-4-8-14-10-16-9-12(14)11-5-2-1-3-6-11/h1-3,5-6,9,13,15H,4,7-8,10H2. The molecular formula is C12H16N2OS. The topological polar surface area (TPSA) is 35.5 Å². The predicted octanol–water partition coefficient (Wildman–Crippen LogP) is 2.36. The van der Waals surface area contributed by atoms with Gasteiger partial charge >= 0.3 is 0 Å². The van der Waals surface area contributed by atoms with Crippen LogP contribution < -0.4 is 5.48 Å². The summed E-state index contributed by atoms with van der Waals surface area (Å²) in [5.41, 5.74) is 4.76. The van der Waals surface area contributed by atoms with Crippen molar-refractivity contribution in [3.05, 3.63) is 41.3 Å². The zero-order valence-electron chi connectivity index (χ0n) is 9.10. The first-order valence-corrected chi connectivity index (χ1v) is 6.46. The largest absolute Gasteiger partial charge is 0.361 e. The Morgan fingerprint density at radius 1 is 1.31 bits per heavy atom. The van der Waals surface area contributed by atoms with Gasteiger partial charge in [0.05, 0.1) is 11.6 Å². The van der Waals surface area contributed by atoms with Crippen molar-refractivity contribution in [1.82, 2.24) is 10.4 Å². The van der Waals surface area contributed by atoms with E-state index in [0.29, 0.717) is 6.54 Å². The van der Waals surface area contributed by atoms with Crippen LogP contribution in [0.2, 0.25) is 0 Å². The molecule has 0 saturated carbocycles. The Morgan fingerprint density at radius 3 is 2.88 bits per heavy atom. The summed E-state index contributed by atoms with van der Waals surface area (Å²) in [4.78, 5) is 2.34. The number of benzene rings is 1. The average molecular weight is 236 g/mol. The van der Waals surface area contributed by atoms with E-state index < -0.39 is 0 Å². The van der Waals surface area contributed by atoms with Gasteiger partial charge in [-0.2, -0.15) is 0 Å². The van der Waals surface area contributed by atoms with Crippen LogP contribution in [0.5, 0.6) is 0 Å². The Balaban J connectivity index is 1.98. The number of hydroxylamine groups is 1. The quantitative estimate of drug-likeness (QED) is 0.608. The Bertz CT molecular complexity index is 353. The highest BCUT2D eigenvalue weighted by atomic mass is 32.2. The second-order valence-electron chi connectivity index (χ2n) is 3.69. The van der Waals surface area contributed by atoms with Gasteiger partial charge in [0, 0.05) is 13.1 Å². The van der Waals surface area contributed by atoms with Crippen LogP contribution in [0.25, 0.3) is 5.70 Å². The number of nitrogens with one attached hydrogen (secondary N) is 1. The molecule has 2 rings (SSSR count). The van der Waals surface area contributed by atoms with Crippen LogP contribution in [0, 0.1) is 0 Å². The first-order valence-electron chi connectivity index (χ1n) is 5.41. The Hall–Kier alpha value is -0.970. The molecule has 4 heteroatoms. The van der Waals surface area contributed by atoms with E-state index >= 15 is 0 Å². The Kier molecular flexibility index (Phi) is 4.27. The van der Waals surface area contributed by atoms with Crippen LogP contribution >= 0.6 is 11.8 Å². The first kappa shape index (κ1) is 11.5. The van der Waals surface area contributed by atoms with Crippen LogP contribution in [-0.2, 0) is 0 Å². The molecular weight excluding hydrogens is 220 g/mol. The van der Waals surface area contributed by atoms with E-state index in [0.717, 1.165) is 18.8 Å². The molecule has 2 N–H and O–H groups in total. The summed E-state index contributed by atoms with van der Waals surface area (Å²) >= 11 is 1.82. The predicted molar refractivity (Wildman–Crippen MR) is 68.0 cm³/mol. The van der Waals surface area contributed by atoms with E-state index in [1.54, 1.807) is 0 Å². The summed E-state index contributed by atoms with van der Waals surface area (Å²) in [6, 6.07) is 10.4. The number of nitrogens with zero attached hydrogens (tertiary/aromatic N) is 1. The second-order valence-corrected chi connectivity index (χ2v) is 4.52. The lowest BCUT2D eigenvalue weighted by molar-refractivity contribution is 0.163. The minimum absolute atomic E-state index is 0.642. The maximum absolute atomic E-state index is 8.53. The molecule has 1 aromatic rings. The van der Waals surface area contributed by atoms with Gasteiger partial charge in [-0.05, 0) is 17.4 Å². The van der Waals surface area contributed by atoms with Crippen LogP contribution in [0.3, 0.4) is 0 Å². The molecule has 0 saturated heterocycles. The minimum atomic E-state index is 0.642. The van der Waals surface area contributed by atoms with Crippen molar-refractivity contribution in [2.24, 2.45) is 0 Å². The highest BCUT2D eigenvalue weighted by molar-refractivity contribution is 8.02. The molecule has 0 spiro atoms. The number of thioether (sulfide) groups is 1. The van der Waals surface area contributed by atoms with Crippen LogP contribution in [0.15, 0.2) is 35.7 Å². The number of rotatable bonds is 5. The third kappa shape index (κ3) is 2.78. The van der Waals surface area contributed by atoms with Gasteiger partial charge in [0.15, 0.2) is 0 Å². The van der Waals surface area contributed by atoms with Crippen molar-refractivity contribution >= 4 is 17.5 Å². The molecule has 16 heavy (non-hydrogen) atoms. The lowest BCUT2D eigenvalue weighted by atomic mass is 10.1. The Morgan fingerprint density at radius 2 is 2.12 bits per heavy atom. The van der Waals surface area contributed by atoms with Gasteiger partial charge in [0.25, 0.3) is 0 Å². The van der Waals surface area contributed by atoms with Crippen molar-refractivity contribution in [2.75, 3.05) is 19.0 Å². The van der Waals surface area contributed by atoms with Gasteiger partial charge in [-0.15, -0.1) is 11.8 Å². The van der Waals surface area contributed by atoms with Gasteiger partial charge in [-0.25, -0.2) is 5.48 Å². The zero-order valence-corrected chi connectivity index (χ0v) is 9.91.